The van der Waals surface area contributed by atoms with Crippen molar-refractivity contribution in [2.45, 2.75) is 26.3 Å². The van der Waals surface area contributed by atoms with Crippen molar-refractivity contribution in [2.24, 2.45) is 5.92 Å². The van der Waals surface area contributed by atoms with Crippen molar-refractivity contribution < 1.29 is 0 Å². The van der Waals surface area contributed by atoms with Gasteiger partial charge in [-0.2, -0.15) is 0 Å². The summed E-state index contributed by atoms with van der Waals surface area (Å²) in [5, 5.41) is 0. The summed E-state index contributed by atoms with van der Waals surface area (Å²) in [7, 11) is 2.20. The van der Waals surface area contributed by atoms with E-state index in [2.05, 4.69) is 37.6 Å². The molecule has 0 aromatic rings. The fraction of sp³-hybridized carbons (Fsp3) is 0.909. The molecule has 1 heterocycles. The fourth-order valence-electron chi connectivity index (χ4n) is 2.17. The molecular formula is C11H23N2. The van der Waals surface area contributed by atoms with Crippen LogP contribution in [-0.4, -0.2) is 49.1 Å². The molecule has 13 heavy (non-hydrogen) atoms. The van der Waals surface area contributed by atoms with E-state index in [0.717, 1.165) is 0 Å². The van der Waals surface area contributed by atoms with E-state index < -0.39 is 0 Å². The largest absolute Gasteiger partial charge is 0.304 e. The van der Waals surface area contributed by atoms with Gasteiger partial charge in [0.15, 0.2) is 0 Å². The second-order valence-electron chi connectivity index (χ2n) is 4.29. The first-order chi connectivity index (χ1) is 6.15. The Balaban J connectivity index is 2.41. The molecule has 0 bridgehead atoms. The van der Waals surface area contributed by atoms with Gasteiger partial charge in [0.25, 0.3) is 0 Å². The highest BCUT2D eigenvalue weighted by molar-refractivity contribution is 4.80. The van der Waals surface area contributed by atoms with Crippen LogP contribution in [0.2, 0.25) is 0 Å². The molecule has 2 unspecified atom stereocenters. The highest BCUT2D eigenvalue weighted by atomic mass is 15.3. The highest BCUT2D eigenvalue weighted by Crippen LogP contribution is 2.15. The van der Waals surface area contributed by atoms with Crippen LogP contribution >= 0.6 is 0 Å². The van der Waals surface area contributed by atoms with Gasteiger partial charge in [-0.05, 0) is 26.3 Å². The molecule has 2 nitrogen and oxygen atoms in total. The van der Waals surface area contributed by atoms with Gasteiger partial charge in [0.05, 0.1) is 0 Å². The Morgan fingerprint density at radius 2 is 1.77 bits per heavy atom. The van der Waals surface area contributed by atoms with Crippen LogP contribution in [0.4, 0.5) is 0 Å². The van der Waals surface area contributed by atoms with Crippen LogP contribution in [0, 0.1) is 12.8 Å². The smallest absolute Gasteiger partial charge is 0.0119 e. The Kier molecular flexibility index (Phi) is 4.20. The van der Waals surface area contributed by atoms with Crippen molar-refractivity contribution in [1.29, 1.82) is 0 Å². The zero-order valence-corrected chi connectivity index (χ0v) is 9.29. The van der Waals surface area contributed by atoms with Gasteiger partial charge in [0.2, 0.25) is 0 Å². The average Bonchev–Trinajstić information content (AvgIpc) is 2.09. The van der Waals surface area contributed by atoms with E-state index in [4.69, 9.17) is 0 Å². The molecule has 77 valence electrons. The van der Waals surface area contributed by atoms with Gasteiger partial charge in [0.1, 0.15) is 0 Å². The summed E-state index contributed by atoms with van der Waals surface area (Å²) < 4.78 is 0. The first-order valence-corrected chi connectivity index (χ1v) is 5.40. The number of nitrogens with zero attached hydrogens (tertiary/aromatic N) is 2. The lowest BCUT2D eigenvalue weighted by atomic mass is 9.99. The predicted molar refractivity (Wildman–Crippen MR) is 57.7 cm³/mol. The third kappa shape index (κ3) is 2.96. The van der Waals surface area contributed by atoms with Gasteiger partial charge < -0.3 is 4.90 Å². The predicted octanol–water partition coefficient (Wildman–Crippen LogP) is 1.48. The Morgan fingerprint density at radius 1 is 1.23 bits per heavy atom. The summed E-state index contributed by atoms with van der Waals surface area (Å²) in [6, 6.07) is 0.689. The van der Waals surface area contributed by atoms with E-state index in [1.54, 1.807) is 0 Å². The summed E-state index contributed by atoms with van der Waals surface area (Å²) in [5.74, 6) is 0.549. The van der Waals surface area contributed by atoms with E-state index in [1.807, 2.05) is 0 Å². The second-order valence-corrected chi connectivity index (χ2v) is 4.29. The van der Waals surface area contributed by atoms with Crippen LogP contribution in [0.5, 0.6) is 0 Å². The van der Waals surface area contributed by atoms with Gasteiger partial charge in [0, 0.05) is 32.2 Å². The first kappa shape index (κ1) is 11.0. The molecule has 1 aliphatic rings. The second kappa shape index (κ2) is 4.97. The third-order valence-corrected chi connectivity index (χ3v) is 3.08. The number of piperazine rings is 1. The Hall–Kier alpha value is -0.0800. The molecule has 2 heteroatoms. The molecule has 2 atom stereocenters. The van der Waals surface area contributed by atoms with E-state index >= 15 is 0 Å². The third-order valence-electron chi connectivity index (χ3n) is 3.08. The molecule has 0 saturated carbocycles. The topological polar surface area (TPSA) is 6.48 Å². The Labute approximate surface area is 82.9 Å². The lowest BCUT2D eigenvalue weighted by Gasteiger charge is -2.39. The van der Waals surface area contributed by atoms with Crippen LogP contribution in [0.1, 0.15) is 20.3 Å². The van der Waals surface area contributed by atoms with Crippen molar-refractivity contribution in [3.8, 4) is 0 Å². The molecule has 0 aliphatic carbocycles. The van der Waals surface area contributed by atoms with Crippen molar-refractivity contribution in [1.82, 2.24) is 9.80 Å². The fourth-order valence-corrected chi connectivity index (χ4v) is 2.17. The van der Waals surface area contributed by atoms with Crippen LogP contribution in [-0.2, 0) is 0 Å². The summed E-state index contributed by atoms with van der Waals surface area (Å²) >= 11 is 0. The van der Waals surface area contributed by atoms with Gasteiger partial charge >= 0.3 is 0 Å². The van der Waals surface area contributed by atoms with E-state index in [0.29, 0.717) is 12.0 Å². The molecule has 0 aromatic heterocycles. The SMILES string of the molecule is [CH2]C(C)C(CC)N1CCN(C)CC1. The van der Waals surface area contributed by atoms with E-state index in [9.17, 15) is 0 Å². The lowest BCUT2D eigenvalue weighted by molar-refractivity contribution is 0.0915. The number of rotatable bonds is 3. The lowest BCUT2D eigenvalue weighted by Crippen LogP contribution is -2.50. The van der Waals surface area contributed by atoms with Crippen molar-refractivity contribution in [3.05, 3.63) is 6.92 Å². The van der Waals surface area contributed by atoms with Crippen LogP contribution in [0.3, 0.4) is 0 Å². The molecule has 1 fully saturated rings. The maximum atomic E-state index is 4.15. The molecular weight excluding hydrogens is 160 g/mol. The molecule has 0 spiro atoms. The van der Waals surface area contributed by atoms with Gasteiger partial charge in [-0.3, -0.25) is 4.90 Å². The van der Waals surface area contributed by atoms with Gasteiger partial charge in [-0.1, -0.05) is 13.8 Å². The quantitative estimate of drug-likeness (QED) is 0.654. The normalized spacial score (nSPS) is 23.8. The Bertz CT molecular complexity index is 137. The number of hydrogen-bond acceptors (Lipinski definition) is 2. The minimum atomic E-state index is 0.549. The molecule has 1 aliphatic heterocycles. The Morgan fingerprint density at radius 3 is 2.15 bits per heavy atom. The average molecular weight is 183 g/mol. The van der Waals surface area contributed by atoms with E-state index in [1.165, 1.54) is 32.6 Å². The van der Waals surface area contributed by atoms with Crippen molar-refractivity contribution in [3.63, 3.8) is 0 Å². The minimum Gasteiger partial charge on any atom is -0.304 e. The van der Waals surface area contributed by atoms with Crippen LogP contribution in [0.25, 0.3) is 0 Å². The zero-order chi connectivity index (χ0) is 9.84. The van der Waals surface area contributed by atoms with Gasteiger partial charge in [-0.15, -0.1) is 0 Å². The van der Waals surface area contributed by atoms with Crippen molar-refractivity contribution >= 4 is 0 Å². The monoisotopic (exact) mass is 183 g/mol. The summed E-state index contributed by atoms with van der Waals surface area (Å²) in [6.45, 7) is 13.5. The summed E-state index contributed by atoms with van der Waals surface area (Å²) in [6.07, 6.45) is 1.23. The van der Waals surface area contributed by atoms with Crippen LogP contribution in [0.15, 0.2) is 0 Å². The minimum absolute atomic E-state index is 0.549. The molecule has 0 amide bonds. The number of hydrogen-bond donors (Lipinski definition) is 0. The highest BCUT2D eigenvalue weighted by Gasteiger charge is 2.22. The summed E-state index contributed by atoms with van der Waals surface area (Å²) in [5.41, 5.74) is 0. The van der Waals surface area contributed by atoms with Crippen molar-refractivity contribution in [2.75, 3.05) is 33.2 Å². The molecule has 0 aromatic carbocycles. The molecule has 1 saturated heterocycles. The standard InChI is InChI=1S/C11H23N2/c1-5-11(10(2)3)13-8-6-12(4)7-9-13/h10-11H,2,5-9H2,1,3-4H3. The van der Waals surface area contributed by atoms with E-state index in [-0.39, 0.29) is 0 Å². The molecule has 1 rings (SSSR count). The maximum Gasteiger partial charge on any atom is 0.0119 e. The number of likely N-dealkylation sites (N-methyl/N-ethyl adjacent to an activating group) is 1. The maximum absolute atomic E-state index is 4.15. The van der Waals surface area contributed by atoms with Gasteiger partial charge in [-0.25, -0.2) is 0 Å². The zero-order valence-electron chi connectivity index (χ0n) is 9.29. The summed E-state index contributed by atoms with van der Waals surface area (Å²) in [4.78, 5) is 4.99. The molecule has 1 radical (unpaired) electrons. The first-order valence-electron chi connectivity index (χ1n) is 5.40. The molecule has 0 N–H and O–H groups in total. The van der Waals surface area contributed by atoms with Crippen LogP contribution < -0.4 is 0 Å².